The molecule has 1 aliphatic rings. The number of carbonyl (C=O) groups is 1. The number of aliphatic hydroxyl groups is 1. The Balaban J connectivity index is 1.86. The normalized spacial score (nSPS) is 16.3. The van der Waals surface area contributed by atoms with Gasteiger partial charge in [0, 0.05) is 13.2 Å². The van der Waals surface area contributed by atoms with Crippen molar-refractivity contribution in [1.82, 2.24) is 10.6 Å². The van der Waals surface area contributed by atoms with Gasteiger partial charge in [-0.3, -0.25) is 0 Å². The van der Waals surface area contributed by atoms with Crippen LogP contribution < -0.4 is 10.6 Å². The lowest BCUT2D eigenvalue weighted by Gasteiger charge is -2.28. The number of benzene rings is 1. The average Bonchev–Trinajstić information content (AvgIpc) is 3.03. The molecule has 1 saturated carbocycles. The van der Waals surface area contributed by atoms with Crippen LogP contribution in [0.1, 0.15) is 50.2 Å². The first-order valence-corrected chi connectivity index (χ1v) is 8.50. The summed E-state index contributed by atoms with van der Waals surface area (Å²) in [4.78, 5) is 12.1. The smallest absolute Gasteiger partial charge is 0.315 e. The highest BCUT2D eigenvalue weighted by Crippen LogP contribution is 2.28. The maximum atomic E-state index is 12.1. The van der Waals surface area contributed by atoms with E-state index >= 15 is 0 Å². The van der Waals surface area contributed by atoms with E-state index in [1.807, 2.05) is 24.3 Å². The van der Waals surface area contributed by atoms with Crippen LogP contribution in [0.4, 0.5) is 4.79 Å². The molecule has 1 fully saturated rings. The first-order chi connectivity index (χ1) is 11.2. The third-order valence-corrected chi connectivity index (χ3v) is 4.41. The highest BCUT2D eigenvalue weighted by atomic mass is 16.5. The summed E-state index contributed by atoms with van der Waals surface area (Å²) in [6.45, 7) is 3.84. The lowest BCUT2D eigenvalue weighted by molar-refractivity contribution is 0.121. The summed E-state index contributed by atoms with van der Waals surface area (Å²) in [6, 6.07) is 7.75. The van der Waals surface area contributed by atoms with Gasteiger partial charge < -0.3 is 20.5 Å². The van der Waals surface area contributed by atoms with E-state index in [2.05, 4.69) is 17.6 Å². The number of nitrogens with one attached hydrogen (secondary N) is 2. The summed E-state index contributed by atoms with van der Waals surface area (Å²) in [5.41, 5.74) is 1.72. The Morgan fingerprint density at radius 2 is 1.96 bits per heavy atom. The zero-order valence-electron chi connectivity index (χ0n) is 13.9. The van der Waals surface area contributed by atoms with E-state index in [-0.39, 0.29) is 12.6 Å². The summed E-state index contributed by atoms with van der Waals surface area (Å²) in [7, 11) is 0. The number of hydrogen-bond acceptors (Lipinski definition) is 3. The van der Waals surface area contributed by atoms with Crippen LogP contribution >= 0.6 is 0 Å². The minimum absolute atomic E-state index is 0.00185. The molecule has 0 aromatic heterocycles. The molecule has 3 N–H and O–H groups in total. The van der Waals surface area contributed by atoms with Crippen molar-refractivity contribution in [3.05, 3.63) is 35.4 Å². The quantitative estimate of drug-likeness (QED) is 0.645. The molecule has 2 amide bonds. The van der Waals surface area contributed by atoms with Crippen LogP contribution in [0.5, 0.6) is 0 Å². The molecule has 0 unspecified atom stereocenters. The predicted molar refractivity (Wildman–Crippen MR) is 90.0 cm³/mol. The maximum absolute atomic E-state index is 12.1. The monoisotopic (exact) mass is 320 g/mol. The fraction of sp³-hybridized carbons (Fsp3) is 0.611. The van der Waals surface area contributed by atoms with Crippen molar-refractivity contribution in [1.29, 1.82) is 0 Å². The van der Waals surface area contributed by atoms with E-state index in [0.717, 1.165) is 49.8 Å². The average molecular weight is 320 g/mol. The van der Waals surface area contributed by atoms with Crippen molar-refractivity contribution in [2.45, 2.75) is 57.7 Å². The Morgan fingerprint density at radius 1 is 1.26 bits per heavy atom. The van der Waals surface area contributed by atoms with Gasteiger partial charge in [-0.25, -0.2) is 4.79 Å². The second-order valence-corrected chi connectivity index (χ2v) is 6.27. The molecule has 0 saturated heterocycles. The fourth-order valence-electron chi connectivity index (χ4n) is 3.03. The van der Waals surface area contributed by atoms with Crippen LogP contribution in [0, 0.1) is 0 Å². The molecule has 0 bridgehead atoms. The molecule has 1 aromatic rings. The maximum Gasteiger partial charge on any atom is 0.315 e. The molecule has 0 spiro atoms. The van der Waals surface area contributed by atoms with Crippen molar-refractivity contribution in [3.8, 4) is 0 Å². The zero-order chi connectivity index (χ0) is 16.5. The number of aliphatic hydroxyl groups excluding tert-OH is 1. The molecular weight excluding hydrogens is 292 g/mol. The molecule has 0 radical (unpaired) electrons. The standard InChI is InChI=1S/C18H28N2O3/c1-2-11-23-13-16-8-4-3-7-15(16)12-19-17(22)20-18(14-21)9-5-6-10-18/h3-4,7-8,21H,2,5-6,9-14H2,1H3,(H2,19,20,22). The molecule has 1 aromatic carbocycles. The Labute approximate surface area is 138 Å². The highest BCUT2D eigenvalue weighted by molar-refractivity contribution is 5.74. The van der Waals surface area contributed by atoms with Gasteiger partial charge in [-0.2, -0.15) is 0 Å². The lowest BCUT2D eigenvalue weighted by Crippen LogP contribution is -2.52. The van der Waals surface area contributed by atoms with Gasteiger partial charge in [-0.1, -0.05) is 44.0 Å². The van der Waals surface area contributed by atoms with Gasteiger partial charge in [-0.15, -0.1) is 0 Å². The number of hydrogen-bond donors (Lipinski definition) is 3. The van der Waals surface area contributed by atoms with E-state index in [0.29, 0.717) is 13.2 Å². The Hall–Kier alpha value is -1.59. The summed E-state index contributed by atoms with van der Waals surface area (Å²) in [5.74, 6) is 0. The molecule has 0 heterocycles. The van der Waals surface area contributed by atoms with E-state index in [1.165, 1.54) is 0 Å². The minimum Gasteiger partial charge on any atom is -0.394 e. The second kappa shape index (κ2) is 8.89. The van der Waals surface area contributed by atoms with Crippen molar-refractivity contribution >= 4 is 6.03 Å². The topological polar surface area (TPSA) is 70.6 Å². The van der Waals surface area contributed by atoms with Crippen LogP contribution in [-0.4, -0.2) is 29.9 Å². The van der Waals surface area contributed by atoms with Crippen LogP contribution in [0.15, 0.2) is 24.3 Å². The molecule has 5 heteroatoms. The predicted octanol–water partition coefficient (Wildman–Crippen LogP) is 2.72. The highest BCUT2D eigenvalue weighted by Gasteiger charge is 2.34. The van der Waals surface area contributed by atoms with Gasteiger partial charge in [0.1, 0.15) is 0 Å². The Bertz CT molecular complexity index is 499. The SMILES string of the molecule is CCCOCc1ccccc1CNC(=O)NC1(CO)CCCC1. The van der Waals surface area contributed by atoms with Gasteiger partial charge in [0.25, 0.3) is 0 Å². The molecule has 0 aliphatic heterocycles. The summed E-state index contributed by atoms with van der Waals surface area (Å²) >= 11 is 0. The minimum atomic E-state index is -0.437. The number of rotatable bonds is 8. The molecule has 1 aliphatic carbocycles. The van der Waals surface area contributed by atoms with E-state index in [1.54, 1.807) is 0 Å². The number of carbonyl (C=O) groups excluding carboxylic acids is 1. The Morgan fingerprint density at radius 3 is 2.61 bits per heavy atom. The van der Waals surface area contributed by atoms with E-state index < -0.39 is 5.54 Å². The molecule has 2 rings (SSSR count). The number of urea groups is 1. The molecule has 0 atom stereocenters. The van der Waals surface area contributed by atoms with Crippen molar-refractivity contribution in [2.75, 3.05) is 13.2 Å². The molecule has 5 nitrogen and oxygen atoms in total. The van der Waals surface area contributed by atoms with Gasteiger partial charge >= 0.3 is 6.03 Å². The zero-order valence-corrected chi connectivity index (χ0v) is 13.9. The largest absolute Gasteiger partial charge is 0.394 e. The van der Waals surface area contributed by atoms with Gasteiger partial charge in [0.2, 0.25) is 0 Å². The number of ether oxygens (including phenoxy) is 1. The molecular formula is C18H28N2O3. The summed E-state index contributed by atoms with van der Waals surface area (Å²) < 4.78 is 5.60. The van der Waals surface area contributed by atoms with Crippen molar-refractivity contribution in [2.24, 2.45) is 0 Å². The molecule has 23 heavy (non-hydrogen) atoms. The number of amides is 2. The van der Waals surface area contributed by atoms with E-state index in [9.17, 15) is 9.90 Å². The van der Waals surface area contributed by atoms with Crippen LogP contribution in [0.25, 0.3) is 0 Å². The van der Waals surface area contributed by atoms with Gasteiger partial charge in [-0.05, 0) is 30.4 Å². The summed E-state index contributed by atoms with van der Waals surface area (Å²) in [5, 5.41) is 15.4. The second-order valence-electron chi connectivity index (χ2n) is 6.27. The van der Waals surface area contributed by atoms with Crippen molar-refractivity contribution < 1.29 is 14.6 Å². The van der Waals surface area contributed by atoms with Crippen molar-refractivity contribution in [3.63, 3.8) is 0 Å². The van der Waals surface area contributed by atoms with Gasteiger partial charge in [0.05, 0.1) is 18.8 Å². The van der Waals surface area contributed by atoms with Crippen LogP contribution in [-0.2, 0) is 17.9 Å². The Kier molecular flexibility index (Phi) is 6.86. The molecule has 128 valence electrons. The van der Waals surface area contributed by atoms with Crippen LogP contribution in [0.2, 0.25) is 0 Å². The summed E-state index contributed by atoms with van der Waals surface area (Å²) in [6.07, 6.45) is 4.79. The first-order valence-electron chi connectivity index (χ1n) is 8.50. The lowest BCUT2D eigenvalue weighted by atomic mass is 9.99. The third-order valence-electron chi connectivity index (χ3n) is 4.41. The van der Waals surface area contributed by atoms with Crippen LogP contribution in [0.3, 0.4) is 0 Å². The first kappa shape index (κ1) is 17.8. The fourth-order valence-corrected chi connectivity index (χ4v) is 3.03. The third kappa shape index (κ3) is 5.22. The van der Waals surface area contributed by atoms with Gasteiger partial charge in [0.15, 0.2) is 0 Å². The van der Waals surface area contributed by atoms with E-state index in [4.69, 9.17) is 4.74 Å².